The standard InChI is InChI=1S/C15H24ClN3/c1-18(13-14-5-2-3-6-15(14)16)11-12-19-9-4-7-17-8-10-19/h2-3,5-6,17H,4,7-13H2,1H3. The second kappa shape index (κ2) is 7.85. The monoisotopic (exact) mass is 281 g/mol. The van der Waals surface area contributed by atoms with Crippen molar-refractivity contribution in [3.63, 3.8) is 0 Å². The minimum absolute atomic E-state index is 0.869. The number of nitrogens with one attached hydrogen (secondary N) is 1. The largest absolute Gasteiger partial charge is 0.315 e. The summed E-state index contributed by atoms with van der Waals surface area (Å²) in [4.78, 5) is 4.89. The van der Waals surface area contributed by atoms with Crippen LogP contribution in [0.2, 0.25) is 5.02 Å². The highest BCUT2D eigenvalue weighted by atomic mass is 35.5. The van der Waals surface area contributed by atoms with Crippen LogP contribution >= 0.6 is 11.6 Å². The van der Waals surface area contributed by atoms with E-state index in [-0.39, 0.29) is 0 Å². The second-order valence-electron chi connectivity index (χ2n) is 5.27. The fourth-order valence-corrected chi connectivity index (χ4v) is 2.63. The summed E-state index contributed by atoms with van der Waals surface area (Å²) in [5.74, 6) is 0. The molecule has 0 aromatic heterocycles. The van der Waals surface area contributed by atoms with Gasteiger partial charge in [-0.3, -0.25) is 0 Å². The zero-order valence-corrected chi connectivity index (χ0v) is 12.5. The Morgan fingerprint density at radius 1 is 1.26 bits per heavy atom. The smallest absolute Gasteiger partial charge is 0.0451 e. The number of rotatable bonds is 5. The van der Waals surface area contributed by atoms with Gasteiger partial charge in [-0.05, 0) is 38.2 Å². The lowest BCUT2D eigenvalue weighted by atomic mass is 10.2. The molecule has 106 valence electrons. The molecule has 1 aliphatic heterocycles. The van der Waals surface area contributed by atoms with Gasteiger partial charge in [-0.25, -0.2) is 0 Å². The van der Waals surface area contributed by atoms with E-state index in [0.29, 0.717) is 0 Å². The molecule has 3 nitrogen and oxygen atoms in total. The van der Waals surface area contributed by atoms with E-state index in [1.165, 1.54) is 25.1 Å². The van der Waals surface area contributed by atoms with Crippen molar-refractivity contribution < 1.29 is 0 Å². The SMILES string of the molecule is CN(CCN1CCCNCC1)Cc1ccccc1Cl. The van der Waals surface area contributed by atoms with Crippen LogP contribution in [0.1, 0.15) is 12.0 Å². The molecule has 2 rings (SSSR count). The van der Waals surface area contributed by atoms with Gasteiger partial charge in [0.15, 0.2) is 0 Å². The molecule has 0 unspecified atom stereocenters. The van der Waals surface area contributed by atoms with Crippen LogP contribution < -0.4 is 5.32 Å². The molecule has 0 radical (unpaired) electrons. The molecule has 1 aromatic rings. The van der Waals surface area contributed by atoms with E-state index in [1.807, 2.05) is 12.1 Å². The van der Waals surface area contributed by atoms with E-state index in [9.17, 15) is 0 Å². The van der Waals surface area contributed by atoms with Crippen LogP contribution in [-0.2, 0) is 6.54 Å². The van der Waals surface area contributed by atoms with Gasteiger partial charge in [0, 0.05) is 37.7 Å². The Bertz CT molecular complexity index is 375. The van der Waals surface area contributed by atoms with Gasteiger partial charge in [-0.15, -0.1) is 0 Å². The Kier molecular flexibility index (Phi) is 6.11. The number of likely N-dealkylation sites (N-methyl/N-ethyl adjacent to an activating group) is 1. The lowest BCUT2D eigenvalue weighted by molar-refractivity contribution is 0.231. The van der Waals surface area contributed by atoms with E-state index >= 15 is 0 Å². The van der Waals surface area contributed by atoms with Crippen molar-refractivity contribution in [2.24, 2.45) is 0 Å². The molecule has 1 aromatic carbocycles. The summed E-state index contributed by atoms with van der Waals surface area (Å²) in [5.41, 5.74) is 1.21. The molecule has 0 amide bonds. The molecule has 1 aliphatic rings. The molecule has 4 heteroatoms. The highest BCUT2D eigenvalue weighted by Gasteiger charge is 2.10. The summed E-state index contributed by atoms with van der Waals surface area (Å²) >= 11 is 6.19. The first-order valence-corrected chi connectivity index (χ1v) is 7.48. The topological polar surface area (TPSA) is 18.5 Å². The van der Waals surface area contributed by atoms with Gasteiger partial charge < -0.3 is 15.1 Å². The molecule has 19 heavy (non-hydrogen) atoms. The molecular formula is C15H24ClN3. The molecule has 0 atom stereocenters. The van der Waals surface area contributed by atoms with Crippen LogP contribution in [0.15, 0.2) is 24.3 Å². The van der Waals surface area contributed by atoms with Crippen LogP contribution in [0.3, 0.4) is 0 Å². The first-order valence-electron chi connectivity index (χ1n) is 7.11. The molecule has 1 fully saturated rings. The number of benzene rings is 1. The number of nitrogens with zero attached hydrogens (tertiary/aromatic N) is 2. The van der Waals surface area contributed by atoms with E-state index in [2.05, 4.69) is 34.3 Å². The summed E-state index contributed by atoms with van der Waals surface area (Å²) in [6.07, 6.45) is 1.26. The molecule has 1 heterocycles. The lowest BCUT2D eigenvalue weighted by Gasteiger charge is -2.24. The van der Waals surface area contributed by atoms with E-state index in [1.54, 1.807) is 0 Å². The summed E-state index contributed by atoms with van der Waals surface area (Å²) < 4.78 is 0. The van der Waals surface area contributed by atoms with Gasteiger partial charge in [-0.1, -0.05) is 29.8 Å². The van der Waals surface area contributed by atoms with Crippen LogP contribution in [0.25, 0.3) is 0 Å². The maximum atomic E-state index is 6.19. The maximum absolute atomic E-state index is 6.19. The Labute approximate surface area is 121 Å². The van der Waals surface area contributed by atoms with Crippen molar-refractivity contribution in [2.75, 3.05) is 46.3 Å². The molecule has 0 aliphatic carbocycles. The first kappa shape index (κ1) is 14.8. The molecule has 1 N–H and O–H groups in total. The summed E-state index contributed by atoms with van der Waals surface area (Å²) in [6.45, 7) is 7.81. The summed E-state index contributed by atoms with van der Waals surface area (Å²) in [7, 11) is 2.17. The van der Waals surface area contributed by atoms with Gasteiger partial charge >= 0.3 is 0 Å². The highest BCUT2D eigenvalue weighted by molar-refractivity contribution is 6.31. The van der Waals surface area contributed by atoms with Crippen molar-refractivity contribution in [3.05, 3.63) is 34.9 Å². The number of hydrogen-bond donors (Lipinski definition) is 1. The van der Waals surface area contributed by atoms with Crippen molar-refractivity contribution >= 4 is 11.6 Å². The average Bonchev–Trinajstić information content (AvgIpc) is 2.68. The maximum Gasteiger partial charge on any atom is 0.0451 e. The quantitative estimate of drug-likeness (QED) is 0.891. The second-order valence-corrected chi connectivity index (χ2v) is 5.68. The van der Waals surface area contributed by atoms with Gasteiger partial charge in [0.2, 0.25) is 0 Å². The van der Waals surface area contributed by atoms with Gasteiger partial charge in [-0.2, -0.15) is 0 Å². The third-order valence-corrected chi connectivity index (χ3v) is 4.00. The fourth-order valence-electron chi connectivity index (χ4n) is 2.43. The Morgan fingerprint density at radius 3 is 2.95 bits per heavy atom. The van der Waals surface area contributed by atoms with Gasteiger partial charge in [0.25, 0.3) is 0 Å². The Morgan fingerprint density at radius 2 is 2.11 bits per heavy atom. The average molecular weight is 282 g/mol. The third kappa shape index (κ3) is 5.11. The fraction of sp³-hybridized carbons (Fsp3) is 0.600. The van der Waals surface area contributed by atoms with Crippen LogP contribution in [0.5, 0.6) is 0 Å². The molecule has 1 saturated heterocycles. The zero-order chi connectivity index (χ0) is 13.5. The van der Waals surface area contributed by atoms with Crippen molar-refractivity contribution in [2.45, 2.75) is 13.0 Å². The molecule has 0 bridgehead atoms. The minimum Gasteiger partial charge on any atom is -0.315 e. The van der Waals surface area contributed by atoms with Crippen LogP contribution in [0, 0.1) is 0 Å². The Hall–Kier alpha value is -0.610. The summed E-state index contributed by atoms with van der Waals surface area (Å²) in [5, 5.41) is 4.31. The van der Waals surface area contributed by atoms with E-state index in [0.717, 1.165) is 37.7 Å². The van der Waals surface area contributed by atoms with E-state index in [4.69, 9.17) is 11.6 Å². The van der Waals surface area contributed by atoms with Gasteiger partial charge in [0.1, 0.15) is 0 Å². The van der Waals surface area contributed by atoms with Crippen molar-refractivity contribution in [3.8, 4) is 0 Å². The van der Waals surface area contributed by atoms with E-state index < -0.39 is 0 Å². The number of halogens is 1. The molecular weight excluding hydrogens is 258 g/mol. The predicted octanol–water partition coefficient (Wildman–Crippen LogP) is 2.07. The third-order valence-electron chi connectivity index (χ3n) is 3.63. The lowest BCUT2D eigenvalue weighted by Crippen LogP contribution is -2.35. The molecule has 0 spiro atoms. The number of hydrogen-bond acceptors (Lipinski definition) is 3. The highest BCUT2D eigenvalue weighted by Crippen LogP contribution is 2.16. The minimum atomic E-state index is 0.869. The first-order chi connectivity index (χ1) is 9.25. The Balaban J connectivity index is 1.75. The van der Waals surface area contributed by atoms with Crippen LogP contribution in [-0.4, -0.2) is 56.1 Å². The van der Waals surface area contributed by atoms with Gasteiger partial charge in [0.05, 0.1) is 0 Å². The zero-order valence-electron chi connectivity index (χ0n) is 11.7. The molecule has 0 saturated carbocycles. The van der Waals surface area contributed by atoms with Crippen molar-refractivity contribution in [1.29, 1.82) is 0 Å². The van der Waals surface area contributed by atoms with Crippen LogP contribution in [0.4, 0.5) is 0 Å². The van der Waals surface area contributed by atoms with Crippen molar-refractivity contribution in [1.82, 2.24) is 15.1 Å². The summed E-state index contributed by atoms with van der Waals surface area (Å²) in [6, 6.07) is 8.10. The normalized spacial score (nSPS) is 17.6. The predicted molar refractivity (Wildman–Crippen MR) is 81.7 cm³/mol.